The highest BCUT2D eigenvalue weighted by molar-refractivity contribution is 6.17. The number of aryl methyl sites for hydroxylation is 1. The molecule has 0 saturated carbocycles. The van der Waals surface area contributed by atoms with Crippen LogP contribution in [0.5, 0.6) is 0 Å². The third-order valence-electron chi connectivity index (χ3n) is 3.08. The molecule has 0 spiro atoms. The lowest BCUT2D eigenvalue weighted by Gasteiger charge is -2.09. The van der Waals surface area contributed by atoms with Crippen LogP contribution in [0.3, 0.4) is 0 Å². The average Bonchev–Trinajstić information content (AvgIpc) is 2.47. The van der Waals surface area contributed by atoms with Gasteiger partial charge >= 0.3 is 0 Å². The first-order valence-corrected chi connectivity index (χ1v) is 6.76. The Balaban J connectivity index is 2.29. The summed E-state index contributed by atoms with van der Waals surface area (Å²) in [6, 6.07) is 11.5. The minimum Gasteiger partial charge on any atom is -0.322 e. The number of hydrogen-bond acceptors (Lipinski definition) is 3. The third kappa shape index (κ3) is 3.38. The van der Waals surface area contributed by atoms with Crippen molar-refractivity contribution in [3.05, 3.63) is 69.3 Å². The van der Waals surface area contributed by atoms with E-state index in [0.717, 1.165) is 5.56 Å². The van der Waals surface area contributed by atoms with E-state index in [9.17, 15) is 14.9 Å². The first-order valence-electron chi connectivity index (χ1n) is 6.23. The fourth-order valence-electron chi connectivity index (χ4n) is 1.90. The molecule has 0 fully saturated rings. The zero-order chi connectivity index (χ0) is 15.4. The van der Waals surface area contributed by atoms with Crippen molar-refractivity contribution in [2.45, 2.75) is 12.8 Å². The predicted octanol–water partition coefficient (Wildman–Crippen LogP) is 3.89. The summed E-state index contributed by atoms with van der Waals surface area (Å²) in [6.07, 6.45) is 0. The van der Waals surface area contributed by atoms with Crippen LogP contribution in [0.15, 0.2) is 42.5 Å². The maximum atomic E-state index is 12.2. The van der Waals surface area contributed by atoms with E-state index in [4.69, 9.17) is 11.6 Å². The maximum Gasteiger partial charge on any atom is 0.273 e. The van der Waals surface area contributed by atoms with Crippen LogP contribution in [0.2, 0.25) is 0 Å². The Morgan fingerprint density at radius 3 is 2.67 bits per heavy atom. The molecule has 0 aliphatic carbocycles. The van der Waals surface area contributed by atoms with Crippen molar-refractivity contribution in [1.29, 1.82) is 0 Å². The number of nitrogens with one attached hydrogen (secondary N) is 1. The van der Waals surface area contributed by atoms with Crippen molar-refractivity contribution in [1.82, 2.24) is 0 Å². The van der Waals surface area contributed by atoms with Crippen LogP contribution in [-0.4, -0.2) is 10.8 Å². The van der Waals surface area contributed by atoms with Gasteiger partial charge in [-0.3, -0.25) is 14.9 Å². The predicted molar refractivity (Wildman–Crippen MR) is 81.8 cm³/mol. The molecule has 6 heteroatoms. The van der Waals surface area contributed by atoms with Crippen LogP contribution in [0.1, 0.15) is 21.5 Å². The summed E-state index contributed by atoms with van der Waals surface area (Å²) in [4.78, 5) is 22.6. The van der Waals surface area contributed by atoms with Gasteiger partial charge in [0.2, 0.25) is 0 Å². The summed E-state index contributed by atoms with van der Waals surface area (Å²) in [7, 11) is 0. The summed E-state index contributed by atoms with van der Waals surface area (Å²) in [5.74, 6) is -0.138. The van der Waals surface area contributed by atoms with E-state index in [0.29, 0.717) is 11.3 Å². The molecule has 21 heavy (non-hydrogen) atoms. The number of amides is 1. The summed E-state index contributed by atoms with van der Waals surface area (Å²) in [6.45, 7) is 1.63. The van der Waals surface area contributed by atoms with Gasteiger partial charge in [-0.25, -0.2) is 0 Å². The average molecular weight is 305 g/mol. The lowest BCUT2D eigenvalue weighted by atomic mass is 10.1. The van der Waals surface area contributed by atoms with Crippen LogP contribution in [-0.2, 0) is 5.88 Å². The molecular formula is C15H13ClN2O3. The number of nitro benzene ring substituents is 1. The van der Waals surface area contributed by atoms with Gasteiger partial charge in [0.05, 0.1) is 4.92 Å². The largest absolute Gasteiger partial charge is 0.322 e. The standard InChI is InChI=1S/C15H13ClN2O3/c1-10-6-7-11(8-14(10)18(20)21)15(19)17-13-5-3-2-4-12(13)9-16/h2-8H,9H2,1H3,(H,17,19). The molecule has 0 aliphatic rings. The van der Waals surface area contributed by atoms with Crippen molar-refractivity contribution in [3.8, 4) is 0 Å². The molecule has 2 aromatic rings. The molecule has 0 heterocycles. The van der Waals surface area contributed by atoms with Gasteiger partial charge in [0.15, 0.2) is 0 Å². The summed E-state index contributed by atoms with van der Waals surface area (Å²) in [5, 5.41) is 13.6. The number of halogens is 1. The van der Waals surface area contributed by atoms with Gasteiger partial charge in [-0.15, -0.1) is 11.6 Å². The first kappa shape index (κ1) is 15.0. The minimum atomic E-state index is -0.501. The van der Waals surface area contributed by atoms with E-state index < -0.39 is 10.8 Å². The summed E-state index contributed by atoms with van der Waals surface area (Å²) >= 11 is 5.81. The molecule has 2 rings (SSSR count). The minimum absolute atomic E-state index is 0.0757. The highest BCUT2D eigenvalue weighted by atomic mass is 35.5. The number of para-hydroxylation sites is 1. The first-order chi connectivity index (χ1) is 10.0. The van der Waals surface area contributed by atoms with Gasteiger partial charge in [0, 0.05) is 28.8 Å². The van der Waals surface area contributed by atoms with Gasteiger partial charge in [0.25, 0.3) is 11.6 Å². The fourth-order valence-corrected chi connectivity index (χ4v) is 2.13. The second-order valence-corrected chi connectivity index (χ2v) is 4.77. The molecule has 0 radical (unpaired) electrons. The van der Waals surface area contributed by atoms with Gasteiger partial charge < -0.3 is 5.32 Å². The zero-order valence-electron chi connectivity index (χ0n) is 11.3. The fraction of sp³-hybridized carbons (Fsp3) is 0.133. The van der Waals surface area contributed by atoms with E-state index in [-0.39, 0.29) is 17.1 Å². The number of hydrogen-bond donors (Lipinski definition) is 1. The van der Waals surface area contributed by atoms with Crippen molar-refractivity contribution in [2.24, 2.45) is 0 Å². The highest BCUT2D eigenvalue weighted by Crippen LogP contribution is 2.22. The number of alkyl halides is 1. The molecule has 2 aromatic carbocycles. The van der Waals surface area contributed by atoms with Crippen LogP contribution >= 0.6 is 11.6 Å². The number of carbonyl (C=O) groups is 1. The smallest absolute Gasteiger partial charge is 0.273 e. The quantitative estimate of drug-likeness (QED) is 0.529. The molecule has 5 nitrogen and oxygen atoms in total. The van der Waals surface area contributed by atoms with Crippen LogP contribution in [0, 0.1) is 17.0 Å². The number of benzene rings is 2. The second-order valence-electron chi connectivity index (χ2n) is 4.50. The topological polar surface area (TPSA) is 72.2 Å². The molecule has 0 bridgehead atoms. The van der Waals surface area contributed by atoms with Crippen LogP contribution < -0.4 is 5.32 Å². The molecule has 1 amide bonds. The number of nitrogens with zero attached hydrogens (tertiary/aromatic N) is 1. The van der Waals surface area contributed by atoms with Crippen molar-refractivity contribution >= 4 is 28.9 Å². The van der Waals surface area contributed by atoms with E-state index in [2.05, 4.69) is 5.32 Å². The van der Waals surface area contributed by atoms with E-state index in [1.165, 1.54) is 6.07 Å². The SMILES string of the molecule is Cc1ccc(C(=O)Nc2ccccc2CCl)cc1[N+](=O)[O-]. The van der Waals surface area contributed by atoms with Crippen molar-refractivity contribution in [2.75, 3.05) is 5.32 Å². The summed E-state index contributed by atoms with van der Waals surface area (Å²) < 4.78 is 0. The third-order valence-corrected chi connectivity index (χ3v) is 3.37. The van der Waals surface area contributed by atoms with Crippen molar-refractivity contribution in [3.63, 3.8) is 0 Å². The van der Waals surface area contributed by atoms with Gasteiger partial charge in [-0.1, -0.05) is 24.3 Å². The molecule has 0 atom stereocenters. The Labute approximate surface area is 126 Å². The Morgan fingerprint density at radius 1 is 1.29 bits per heavy atom. The molecule has 1 N–H and O–H groups in total. The summed E-state index contributed by atoms with van der Waals surface area (Å²) in [5.41, 5.74) is 2.05. The lowest BCUT2D eigenvalue weighted by Crippen LogP contribution is -2.13. The number of rotatable bonds is 4. The van der Waals surface area contributed by atoms with Crippen molar-refractivity contribution < 1.29 is 9.72 Å². The Hall–Kier alpha value is -2.40. The molecule has 0 aliphatic heterocycles. The molecule has 0 saturated heterocycles. The molecule has 0 aromatic heterocycles. The van der Waals surface area contributed by atoms with E-state index >= 15 is 0 Å². The normalized spacial score (nSPS) is 10.2. The molecule has 0 unspecified atom stereocenters. The van der Waals surface area contributed by atoms with Gasteiger partial charge in [-0.05, 0) is 24.6 Å². The highest BCUT2D eigenvalue weighted by Gasteiger charge is 2.15. The Bertz CT molecular complexity index is 701. The number of nitro groups is 1. The Morgan fingerprint density at radius 2 is 2.00 bits per heavy atom. The molecule has 108 valence electrons. The van der Waals surface area contributed by atoms with E-state index in [1.807, 2.05) is 6.07 Å². The maximum absolute atomic E-state index is 12.2. The Kier molecular flexibility index (Phi) is 4.55. The molecular weight excluding hydrogens is 292 g/mol. The van der Waals surface area contributed by atoms with Gasteiger partial charge in [0.1, 0.15) is 0 Å². The van der Waals surface area contributed by atoms with Gasteiger partial charge in [-0.2, -0.15) is 0 Å². The van der Waals surface area contributed by atoms with E-state index in [1.54, 1.807) is 37.3 Å². The second kappa shape index (κ2) is 6.37. The monoisotopic (exact) mass is 304 g/mol. The van der Waals surface area contributed by atoms with Crippen LogP contribution in [0.25, 0.3) is 0 Å². The lowest BCUT2D eigenvalue weighted by molar-refractivity contribution is -0.385. The number of anilines is 1. The number of carbonyl (C=O) groups excluding carboxylic acids is 1. The zero-order valence-corrected chi connectivity index (χ0v) is 12.1. The van der Waals surface area contributed by atoms with Crippen LogP contribution in [0.4, 0.5) is 11.4 Å².